The van der Waals surface area contributed by atoms with E-state index in [1.165, 1.54) is 0 Å². The molecule has 0 aliphatic carbocycles. The molecule has 5 atom stereocenters. The van der Waals surface area contributed by atoms with E-state index < -0.39 is 12.0 Å². The summed E-state index contributed by atoms with van der Waals surface area (Å²) < 4.78 is 11.4. The SMILES string of the molecule is C[C@H](Nc1nccc([C@@H]2C(=O)NCC2[C@@H](C)O)n1)c1cccc(O[C@H]2CCOC2)c1. The van der Waals surface area contributed by atoms with Gasteiger partial charge in [-0.2, -0.15) is 0 Å². The predicted octanol–water partition coefficient (Wildman–Crippen LogP) is 2.03. The lowest BCUT2D eigenvalue weighted by Gasteiger charge is -2.20. The Morgan fingerprint density at radius 1 is 1.33 bits per heavy atom. The van der Waals surface area contributed by atoms with Crippen molar-refractivity contribution < 1.29 is 19.4 Å². The summed E-state index contributed by atoms with van der Waals surface area (Å²) >= 11 is 0. The van der Waals surface area contributed by atoms with E-state index >= 15 is 0 Å². The van der Waals surface area contributed by atoms with Gasteiger partial charge in [0, 0.05) is 25.1 Å². The maximum atomic E-state index is 12.3. The monoisotopic (exact) mass is 412 g/mol. The van der Waals surface area contributed by atoms with E-state index in [0.717, 1.165) is 24.3 Å². The molecule has 2 aliphatic heterocycles. The molecule has 2 fully saturated rings. The third-order valence-electron chi connectivity index (χ3n) is 5.73. The first-order valence-corrected chi connectivity index (χ1v) is 10.4. The standard InChI is InChI=1S/C22H28N4O4/c1-13(15-4-3-5-16(10-15)30-17-7-9-29-12-17)25-22-23-8-6-19(26-22)20-18(14(2)27)11-24-21(20)28/h3-6,8,10,13-14,17-18,20,27H,7,9,11-12H2,1-2H3,(H,24,28)(H,23,25,26)/t13-,14+,17-,18?,20+/m0/s1. The van der Waals surface area contributed by atoms with Crippen LogP contribution in [-0.2, 0) is 9.53 Å². The van der Waals surface area contributed by atoms with Crippen molar-refractivity contribution in [2.75, 3.05) is 25.1 Å². The molecule has 8 heteroatoms. The van der Waals surface area contributed by atoms with Crippen LogP contribution in [0.2, 0.25) is 0 Å². The quantitative estimate of drug-likeness (QED) is 0.639. The van der Waals surface area contributed by atoms with Crippen molar-refractivity contribution >= 4 is 11.9 Å². The summed E-state index contributed by atoms with van der Waals surface area (Å²) in [5, 5.41) is 16.1. The van der Waals surface area contributed by atoms with Crippen LogP contribution in [0.5, 0.6) is 5.75 Å². The Morgan fingerprint density at radius 3 is 2.97 bits per heavy atom. The zero-order valence-electron chi connectivity index (χ0n) is 17.2. The predicted molar refractivity (Wildman–Crippen MR) is 111 cm³/mol. The van der Waals surface area contributed by atoms with Crippen LogP contribution in [-0.4, -0.2) is 52.9 Å². The molecule has 2 saturated heterocycles. The topological polar surface area (TPSA) is 106 Å². The summed E-state index contributed by atoms with van der Waals surface area (Å²) in [6, 6.07) is 9.61. The van der Waals surface area contributed by atoms with Crippen molar-refractivity contribution in [1.29, 1.82) is 0 Å². The number of carbonyl (C=O) groups excluding carboxylic acids is 1. The number of benzene rings is 1. The van der Waals surface area contributed by atoms with E-state index in [1.807, 2.05) is 31.2 Å². The lowest BCUT2D eigenvalue weighted by molar-refractivity contribution is -0.121. The fourth-order valence-electron chi connectivity index (χ4n) is 3.99. The minimum Gasteiger partial charge on any atom is -0.488 e. The number of hydrogen-bond acceptors (Lipinski definition) is 7. The van der Waals surface area contributed by atoms with Gasteiger partial charge in [0.1, 0.15) is 11.9 Å². The lowest BCUT2D eigenvalue weighted by Crippen LogP contribution is -2.25. The number of aliphatic hydroxyl groups is 1. The zero-order valence-corrected chi connectivity index (χ0v) is 17.2. The lowest BCUT2D eigenvalue weighted by atomic mass is 9.88. The van der Waals surface area contributed by atoms with Crippen LogP contribution < -0.4 is 15.4 Å². The van der Waals surface area contributed by atoms with Crippen molar-refractivity contribution in [1.82, 2.24) is 15.3 Å². The molecule has 1 aromatic heterocycles. The first kappa shape index (κ1) is 20.6. The summed E-state index contributed by atoms with van der Waals surface area (Å²) in [4.78, 5) is 21.2. The van der Waals surface area contributed by atoms with Crippen molar-refractivity contribution in [3.8, 4) is 5.75 Å². The second kappa shape index (κ2) is 8.97. The Bertz CT molecular complexity index is 885. The summed E-state index contributed by atoms with van der Waals surface area (Å²) in [6.45, 7) is 5.54. The maximum absolute atomic E-state index is 12.3. The van der Waals surface area contributed by atoms with Crippen LogP contribution in [0.3, 0.4) is 0 Å². The number of nitrogens with zero attached hydrogens (tertiary/aromatic N) is 2. The Hall–Kier alpha value is -2.71. The minimum atomic E-state index is -0.604. The van der Waals surface area contributed by atoms with E-state index in [-0.39, 0.29) is 24.0 Å². The van der Waals surface area contributed by atoms with Crippen LogP contribution in [0.25, 0.3) is 0 Å². The molecule has 3 heterocycles. The molecule has 0 bridgehead atoms. The van der Waals surface area contributed by atoms with Crippen LogP contribution >= 0.6 is 0 Å². The highest BCUT2D eigenvalue weighted by molar-refractivity contribution is 5.85. The molecule has 3 N–H and O–H groups in total. The molecule has 8 nitrogen and oxygen atoms in total. The fraction of sp³-hybridized carbons (Fsp3) is 0.500. The zero-order chi connectivity index (χ0) is 21.1. The molecule has 160 valence electrons. The molecular weight excluding hydrogens is 384 g/mol. The Balaban J connectivity index is 1.47. The van der Waals surface area contributed by atoms with Crippen molar-refractivity contribution in [3.05, 3.63) is 47.8 Å². The van der Waals surface area contributed by atoms with Gasteiger partial charge in [0.15, 0.2) is 0 Å². The van der Waals surface area contributed by atoms with E-state index in [1.54, 1.807) is 19.2 Å². The number of nitrogens with one attached hydrogen (secondary N) is 2. The molecule has 0 saturated carbocycles. The van der Waals surface area contributed by atoms with Crippen molar-refractivity contribution in [3.63, 3.8) is 0 Å². The molecule has 2 aromatic rings. The normalized spacial score (nSPS) is 25.6. The molecule has 1 unspecified atom stereocenters. The summed E-state index contributed by atoms with van der Waals surface area (Å²) in [7, 11) is 0. The Morgan fingerprint density at radius 2 is 2.20 bits per heavy atom. The number of rotatable bonds is 7. The molecule has 30 heavy (non-hydrogen) atoms. The Kier molecular flexibility index (Phi) is 6.15. The average molecular weight is 412 g/mol. The maximum Gasteiger partial charge on any atom is 0.229 e. The third kappa shape index (κ3) is 4.55. The number of aliphatic hydroxyl groups excluding tert-OH is 1. The van der Waals surface area contributed by atoms with Gasteiger partial charge >= 0.3 is 0 Å². The summed E-state index contributed by atoms with van der Waals surface area (Å²) in [5.41, 5.74) is 1.65. The van der Waals surface area contributed by atoms with Crippen LogP contribution in [0.1, 0.15) is 43.5 Å². The van der Waals surface area contributed by atoms with E-state index in [0.29, 0.717) is 24.8 Å². The first-order chi connectivity index (χ1) is 14.5. The highest BCUT2D eigenvalue weighted by atomic mass is 16.5. The van der Waals surface area contributed by atoms with Gasteiger partial charge in [-0.1, -0.05) is 12.1 Å². The molecular formula is C22H28N4O4. The van der Waals surface area contributed by atoms with Gasteiger partial charge in [0.05, 0.1) is 37.0 Å². The van der Waals surface area contributed by atoms with Crippen LogP contribution in [0, 0.1) is 5.92 Å². The molecule has 0 spiro atoms. The van der Waals surface area contributed by atoms with Gasteiger partial charge in [-0.15, -0.1) is 0 Å². The second-order valence-electron chi connectivity index (χ2n) is 7.97. The van der Waals surface area contributed by atoms with Gasteiger partial charge in [-0.3, -0.25) is 4.79 Å². The molecule has 2 aliphatic rings. The van der Waals surface area contributed by atoms with Crippen LogP contribution in [0.15, 0.2) is 36.5 Å². The minimum absolute atomic E-state index is 0.0615. The molecule has 1 amide bonds. The van der Waals surface area contributed by atoms with Gasteiger partial charge < -0.3 is 25.2 Å². The van der Waals surface area contributed by atoms with Gasteiger partial charge in [-0.25, -0.2) is 9.97 Å². The smallest absolute Gasteiger partial charge is 0.229 e. The molecule has 0 radical (unpaired) electrons. The largest absolute Gasteiger partial charge is 0.488 e. The third-order valence-corrected chi connectivity index (χ3v) is 5.73. The van der Waals surface area contributed by atoms with E-state index in [9.17, 15) is 9.90 Å². The first-order valence-electron chi connectivity index (χ1n) is 10.4. The number of anilines is 1. The molecule has 1 aromatic carbocycles. The van der Waals surface area contributed by atoms with Gasteiger partial charge in [0.2, 0.25) is 11.9 Å². The van der Waals surface area contributed by atoms with Crippen molar-refractivity contribution in [2.24, 2.45) is 5.92 Å². The highest BCUT2D eigenvalue weighted by Gasteiger charge is 2.39. The number of ether oxygens (including phenoxy) is 2. The summed E-state index contributed by atoms with van der Waals surface area (Å²) in [6.07, 6.45) is 2.04. The average Bonchev–Trinajstić information content (AvgIpc) is 3.38. The number of amides is 1. The molecule has 4 rings (SSSR count). The highest BCUT2D eigenvalue weighted by Crippen LogP contribution is 2.31. The van der Waals surface area contributed by atoms with Crippen molar-refractivity contribution in [2.45, 2.75) is 44.4 Å². The van der Waals surface area contributed by atoms with E-state index in [4.69, 9.17) is 9.47 Å². The van der Waals surface area contributed by atoms with E-state index in [2.05, 4.69) is 20.6 Å². The Labute approximate surface area is 176 Å². The number of hydrogen-bond donors (Lipinski definition) is 3. The fourth-order valence-corrected chi connectivity index (χ4v) is 3.99. The number of carbonyl (C=O) groups is 1. The number of aromatic nitrogens is 2. The van der Waals surface area contributed by atoms with Gasteiger partial charge in [0.25, 0.3) is 0 Å². The van der Waals surface area contributed by atoms with Crippen LogP contribution in [0.4, 0.5) is 5.95 Å². The second-order valence-corrected chi connectivity index (χ2v) is 7.97. The summed E-state index contributed by atoms with van der Waals surface area (Å²) in [5.74, 6) is 0.466. The van der Waals surface area contributed by atoms with Gasteiger partial charge in [-0.05, 0) is 37.6 Å².